The van der Waals surface area contributed by atoms with Crippen LogP contribution in [0.3, 0.4) is 0 Å². The Kier molecular flexibility index (Phi) is 3.12. The minimum absolute atomic E-state index is 0.133. The molecule has 1 aromatic heterocycles. The maximum atomic E-state index is 13.0. The molecule has 6 nitrogen and oxygen atoms in total. The van der Waals surface area contributed by atoms with Crippen LogP contribution < -0.4 is 9.47 Å². The normalized spacial score (nSPS) is 21.4. The van der Waals surface area contributed by atoms with Crippen LogP contribution in [0.2, 0.25) is 0 Å². The molecule has 1 N–H and O–H groups in total. The van der Waals surface area contributed by atoms with Crippen molar-refractivity contribution in [3.8, 4) is 11.5 Å². The lowest BCUT2D eigenvalue weighted by atomic mass is 10.2. The van der Waals surface area contributed by atoms with E-state index in [1.165, 1.54) is 0 Å². The summed E-state index contributed by atoms with van der Waals surface area (Å²) in [5.74, 6) is 1.07. The van der Waals surface area contributed by atoms with Crippen LogP contribution in [-0.4, -0.2) is 31.0 Å². The number of hydrogen-bond donors (Lipinski definition) is 1. The van der Waals surface area contributed by atoms with E-state index in [1.807, 2.05) is 18.3 Å². The van der Waals surface area contributed by atoms with Crippen molar-refractivity contribution in [1.29, 1.82) is 0 Å². The molecule has 2 aliphatic rings. The highest BCUT2D eigenvalue weighted by atomic mass is 32.2. The Morgan fingerprint density at radius 1 is 1.18 bits per heavy atom. The second kappa shape index (κ2) is 5.03. The summed E-state index contributed by atoms with van der Waals surface area (Å²) in [6.07, 6.45) is 3.50. The molecule has 1 unspecified atom stereocenters. The monoisotopic (exact) mass is 320 g/mol. The maximum absolute atomic E-state index is 13.0. The summed E-state index contributed by atoms with van der Waals surface area (Å²) < 4.78 is 38.0. The van der Waals surface area contributed by atoms with Gasteiger partial charge in [-0.25, -0.2) is 8.42 Å². The quantitative estimate of drug-likeness (QED) is 0.941. The predicted molar refractivity (Wildman–Crippen MR) is 79.2 cm³/mol. The van der Waals surface area contributed by atoms with Crippen LogP contribution in [0, 0.1) is 0 Å². The lowest BCUT2D eigenvalue weighted by Gasteiger charge is -2.23. The molecule has 0 amide bonds. The van der Waals surface area contributed by atoms with Crippen molar-refractivity contribution in [3.05, 3.63) is 42.2 Å². The van der Waals surface area contributed by atoms with Crippen molar-refractivity contribution in [2.45, 2.75) is 23.8 Å². The smallest absolute Gasteiger partial charge is 0.243 e. The Morgan fingerprint density at radius 3 is 2.86 bits per heavy atom. The van der Waals surface area contributed by atoms with Crippen molar-refractivity contribution in [2.24, 2.45) is 0 Å². The van der Waals surface area contributed by atoms with E-state index in [0.717, 1.165) is 18.5 Å². The van der Waals surface area contributed by atoms with Gasteiger partial charge >= 0.3 is 0 Å². The van der Waals surface area contributed by atoms with E-state index in [0.29, 0.717) is 18.0 Å². The Labute approximate surface area is 128 Å². The number of aromatic amines is 1. The van der Waals surface area contributed by atoms with E-state index in [9.17, 15) is 8.42 Å². The van der Waals surface area contributed by atoms with Gasteiger partial charge in [0.25, 0.3) is 0 Å². The lowest BCUT2D eigenvalue weighted by molar-refractivity contribution is 0.174. The number of nitrogens with zero attached hydrogens (tertiary/aromatic N) is 1. The Hall–Kier alpha value is -1.99. The third-order valence-electron chi connectivity index (χ3n) is 4.14. The van der Waals surface area contributed by atoms with Gasteiger partial charge < -0.3 is 14.5 Å². The van der Waals surface area contributed by atoms with Crippen LogP contribution in [-0.2, 0) is 10.0 Å². The number of hydrogen-bond acceptors (Lipinski definition) is 4. The molecule has 2 aromatic rings. The van der Waals surface area contributed by atoms with Gasteiger partial charge in [-0.1, -0.05) is 0 Å². The van der Waals surface area contributed by atoms with Gasteiger partial charge in [0.2, 0.25) is 16.8 Å². The van der Waals surface area contributed by atoms with E-state index in [1.54, 1.807) is 22.5 Å². The minimum atomic E-state index is -3.56. The second-order valence-electron chi connectivity index (χ2n) is 5.41. The van der Waals surface area contributed by atoms with Gasteiger partial charge in [0, 0.05) is 24.5 Å². The van der Waals surface area contributed by atoms with Crippen LogP contribution in [0.25, 0.3) is 0 Å². The van der Waals surface area contributed by atoms with E-state index >= 15 is 0 Å². The Balaban J connectivity index is 1.71. The van der Waals surface area contributed by atoms with Crippen molar-refractivity contribution >= 4 is 10.0 Å². The van der Waals surface area contributed by atoms with Gasteiger partial charge in [-0.3, -0.25) is 0 Å². The fourth-order valence-corrected chi connectivity index (χ4v) is 4.75. The van der Waals surface area contributed by atoms with Gasteiger partial charge in [0.1, 0.15) is 0 Å². The number of ether oxygens (including phenoxy) is 2. The molecule has 0 spiro atoms. The minimum Gasteiger partial charge on any atom is -0.454 e. The molecule has 0 saturated carbocycles. The molecule has 7 heteroatoms. The van der Waals surface area contributed by atoms with Crippen molar-refractivity contribution in [2.75, 3.05) is 13.3 Å². The first-order valence-corrected chi connectivity index (χ1v) is 8.65. The van der Waals surface area contributed by atoms with Crippen LogP contribution in [0.1, 0.15) is 24.6 Å². The fourth-order valence-electron chi connectivity index (χ4n) is 3.06. The van der Waals surface area contributed by atoms with E-state index in [-0.39, 0.29) is 17.7 Å². The molecule has 3 heterocycles. The van der Waals surface area contributed by atoms with Crippen molar-refractivity contribution in [1.82, 2.24) is 9.29 Å². The molecular formula is C15H16N2O4S. The summed E-state index contributed by atoms with van der Waals surface area (Å²) >= 11 is 0. The van der Waals surface area contributed by atoms with Crippen LogP contribution >= 0.6 is 0 Å². The predicted octanol–water partition coefficient (Wildman–Crippen LogP) is 2.27. The molecule has 4 rings (SSSR count). The van der Waals surface area contributed by atoms with Crippen LogP contribution in [0.15, 0.2) is 41.4 Å². The largest absolute Gasteiger partial charge is 0.454 e. The summed E-state index contributed by atoms with van der Waals surface area (Å²) in [5.41, 5.74) is 0.932. The molecule has 1 saturated heterocycles. The number of rotatable bonds is 3. The lowest BCUT2D eigenvalue weighted by Crippen LogP contribution is -2.30. The number of sulfonamides is 1. The molecule has 1 fully saturated rings. The first kappa shape index (κ1) is 13.7. The van der Waals surface area contributed by atoms with Gasteiger partial charge in [-0.15, -0.1) is 0 Å². The van der Waals surface area contributed by atoms with Crippen LogP contribution in [0.5, 0.6) is 11.5 Å². The molecule has 1 atom stereocenters. The van der Waals surface area contributed by atoms with Gasteiger partial charge in [-0.05, 0) is 37.1 Å². The number of H-pyrrole nitrogens is 1. The summed E-state index contributed by atoms with van der Waals surface area (Å²) in [6.45, 7) is 0.661. The van der Waals surface area contributed by atoms with Crippen LogP contribution in [0.4, 0.5) is 0 Å². The summed E-state index contributed by atoms with van der Waals surface area (Å²) in [7, 11) is -3.56. The molecule has 22 heavy (non-hydrogen) atoms. The van der Waals surface area contributed by atoms with E-state index in [4.69, 9.17) is 9.47 Å². The van der Waals surface area contributed by atoms with Crippen molar-refractivity contribution < 1.29 is 17.9 Å². The SMILES string of the molecule is O=S(=O)(c1ccc2c(c1)OCO2)N1CCCC1c1ccc[nH]1. The van der Waals surface area contributed by atoms with E-state index in [2.05, 4.69) is 4.98 Å². The number of fused-ring (bicyclic) bond motifs is 1. The number of benzene rings is 1. The third kappa shape index (κ3) is 2.08. The molecule has 0 bridgehead atoms. The van der Waals surface area contributed by atoms with Gasteiger partial charge in [0.15, 0.2) is 11.5 Å². The fraction of sp³-hybridized carbons (Fsp3) is 0.333. The van der Waals surface area contributed by atoms with Gasteiger partial charge in [-0.2, -0.15) is 4.31 Å². The van der Waals surface area contributed by atoms with Gasteiger partial charge in [0.05, 0.1) is 10.9 Å². The second-order valence-corrected chi connectivity index (χ2v) is 7.30. The Bertz CT molecular complexity index is 786. The molecular weight excluding hydrogens is 304 g/mol. The first-order chi connectivity index (χ1) is 10.7. The average molecular weight is 320 g/mol. The molecule has 2 aliphatic heterocycles. The highest BCUT2D eigenvalue weighted by molar-refractivity contribution is 7.89. The highest BCUT2D eigenvalue weighted by Gasteiger charge is 2.37. The topological polar surface area (TPSA) is 71.6 Å². The van der Waals surface area contributed by atoms with E-state index < -0.39 is 10.0 Å². The third-order valence-corrected chi connectivity index (χ3v) is 6.04. The zero-order valence-corrected chi connectivity index (χ0v) is 12.7. The molecule has 1 aromatic carbocycles. The molecule has 0 aliphatic carbocycles. The molecule has 0 radical (unpaired) electrons. The summed E-state index contributed by atoms with van der Waals surface area (Å²) in [6, 6.07) is 8.45. The zero-order valence-electron chi connectivity index (χ0n) is 11.9. The highest BCUT2D eigenvalue weighted by Crippen LogP contribution is 2.39. The number of aromatic nitrogens is 1. The standard InChI is InChI=1S/C15H16N2O4S/c18-22(19,11-5-6-14-15(9-11)21-10-20-14)17-8-2-4-13(17)12-3-1-7-16-12/h1,3,5-7,9,13,16H,2,4,8,10H2. The van der Waals surface area contributed by atoms with Crippen molar-refractivity contribution in [3.63, 3.8) is 0 Å². The maximum Gasteiger partial charge on any atom is 0.243 e. The summed E-state index contributed by atoms with van der Waals surface area (Å²) in [4.78, 5) is 3.37. The summed E-state index contributed by atoms with van der Waals surface area (Å²) in [5, 5.41) is 0. The zero-order chi connectivity index (χ0) is 15.2. The Morgan fingerprint density at radius 2 is 2.05 bits per heavy atom. The molecule has 116 valence electrons. The average Bonchev–Trinajstić information content (AvgIpc) is 3.25. The number of nitrogens with one attached hydrogen (secondary N) is 1. The first-order valence-electron chi connectivity index (χ1n) is 7.21.